The average molecular weight is 487 g/mol. The van der Waals surface area contributed by atoms with Crippen LogP contribution in [-0.4, -0.2) is 26.9 Å². The largest absolute Gasteiger partial charge is 0.417 e. The van der Waals surface area contributed by atoms with Gasteiger partial charge in [-0.1, -0.05) is 36.2 Å². The highest BCUT2D eigenvalue weighted by atomic mass is 35.5. The number of carbonyl (C=O) groups is 1. The molecule has 0 saturated heterocycles. The number of nitrogens with one attached hydrogen (secondary N) is 1. The maximum atomic E-state index is 13.4. The van der Waals surface area contributed by atoms with Crippen LogP contribution in [0.3, 0.4) is 0 Å². The van der Waals surface area contributed by atoms with Crippen LogP contribution in [0.2, 0.25) is 5.02 Å². The molecular formula is C22H22ClF3N2O3S. The maximum absolute atomic E-state index is 13.4. The van der Waals surface area contributed by atoms with Crippen molar-refractivity contribution in [2.45, 2.75) is 42.8 Å². The zero-order chi connectivity index (χ0) is 23.1. The second-order valence-corrected chi connectivity index (χ2v) is 10.6. The van der Waals surface area contributed by atoms with Gasteiger partial charge in [0.05, 0.1) is 21.2 Å². The van der Waals surface area contributed by atoms with Gasteiger partial charge in [-0.05, 0) is 61.4 Å². The van der Waals surface area contributed by atoms with Gasteiger partial charge in [-0.15, -0.1) is 0 Å². The van der Waals surface area contributed by atoms with E-state index in [1.807, 2.05) is 0 Å². The summed E-state index contributed by atoms with van der Waals surface area (Å²) in [7, 11) is -4.31. The molecule has 3 atom stereocenters. The first kappa shape index (κ1) is 22.9. The number of fused-ring (bicyclic) bond motifs is 2. The number of halogens is 4. The fourth-order valence-electron chi connectivity index (χ4n) is 4.72. The van der Waals surface area contributed by atoms with E-state index in [0.29, 0.717) is 22.2 Å². The van der Waals surface area contributed by atoms with Crippen molar-refractivity contribution >= 4 is 33.2 Å². The molecule has 0 aromatic heterocycles. The van der Waals surface area contributed by atoms with Crippen LogP contribution in [0, 0.1) is 11.8 Å². The second kappa shape index (κ2) is 8.59. The van der Waals surface area contributed by atoms with Crippen LogP contribution in [0.4, 0.5) is 18.9 Å². The normalized spacial score (nSPS) is 22.7. The molecule has 0 heterocycles. The van der Waals surface area contributed by atoms with Gasteiger partial charge in [-0.25, -0.2) is 8.42 Å². The predicted molar refractivity (Wildman–Crippen MR) is 115 cm³/mol. The number of hydrogen-bond donors (Lipinski definition) is 1. The lowest BCUT2D eigenvalue weighted by atomic mass is 9.95. The molecule has 172 valence electrons. The maximum Gasteiger partial charge on any atom is 0.417 e. The molecular weight excluding hydrogens is 465 g/mol. The molecule has 2 saturated carbocycles. The first-order valence-electron chi connectivity index (χ1n) is 10.3. The van der Waals surface area contributed by atoms with E-state index in [9.17, 15) is 26.4 Å². The third kappa shape index (κ3) is 4.59. The summed E-state index contributed by atoms with van der Waals surface area (Å²) in [6.45, 7) is -0.635. The lowest BCUT2D eigenvalue weighted by molar-refractivity contribution is -0.137. The third-order valence-corrected chi connectivity index (χ3v) is 8.36. The van der Waals surface area contributed by atoms with Crippen LogP contribution < -0.4 is 9.62 Å². The molecule has 2 aromatic carbocycles. The van der Waals surface area contributed by atoms with Gasteiger partial charge in [0.2, 0.25) is 5.91 Å². The lowest BCUT2D eigenvalue weighted by Crippen LogP contribution is -2.46. The van der Waals surface area contributed by atoms with Crippen molar-refractivity contribution in [2.24, 2.45) is 11.8 Å². The molecule has 0 spiro atoms. The minimum absolute atomic E-state index is 0.0292. The van der Waals surface area contributed by atoms with Crippen LogP contribution in [0.5, 0.6) is 0 Å². The van der Waals surface area contributed by atoms with Gasteiger partial charge in [0.1, 0.15) is 6.54 Å². The molecule has 2 aromatic rings. The number of amides is 1. The summed E-state index contributed by atoms with van der Waals surface area (Å²) in [5.41, 5.74) is -1.45. The van der Waals surface area contributed by atoms with Crippen molar-refractivity contribution in [1.82, 2.24) is 5.32 Å². The Morgan fingerprint density at radius 1 is 1.09 bits per heavy atom. The number of sulfonamides is 1. The Balaban J connectivity index is 1.67. The molecule has 0 radical (unpaired) electrons. The third-order valence-electron chi connectivity index (χ3n) is 6.25. The van der Waals surface area contributed by atoms with Crippen molar-refractivity contribution < 1.29 is 26.4 Å². The van der Waals surface area contributed by atoms with E-state index in [-0.39, 0.29) is 16.6 Å². The Hall–Kier alpha value is -2.26. The van der Waals surface area contributed by atoms with Gasteiger partial charge in [0.15, 0.2) is 0 Å². The molecule has 5 nitrogen and oxygen atoms in total. The molecule has 1 N–H and O–H groups in total. The quantitative estimate of drug-likeness (QED) is 0.634. The zero-order valence-electron chi connectivity index (χ0n) is 17.0. The van der Waals surface area contributed by atoms with Crippen LogP contribution in [0.1, 0.15) is 31.2 Å². The first-order valence-corrected chi connectivity index (χ1v) is 12.1. The van der Waals surface area contributed by atoms with Gasteiger partial charge in [0.25, 0.3) is 10.0 Å². The number of hydrogen-bond acceptors (Lipinski definition) is 3. The van der Waals surface area contributed by atoms with E-state index >= 15 is 0 Å². The highest BCUT2D eigenvalue weighted by molar-refractivity contribution is 7.92. The Morgan fingerprint density at radius 2 is 1.81 bits per heavy atom. The van der Waals surface area contributed by atoms with E-state index in [0.717, 1.165) is 31.7 Å². The van der Waals surface area contributed by atoms with Crippen LogP contribution in [0.25, 0.3) is 0 Å². The van der Waals surface area contributed by atoms with Crippen LogP contribution in [-0.2, 0) is 21.0 Å². The molecule has 10 heteroatoms. The molecule has 1 amide bonds. The Kier molecular flexibility index (Phi) is 6.15. The van der Waals surface area contributed by atoms with E-state index in [1.54, 1.807) is 6.07 Å². The SMILES string of the molecule is O=C(CN(c1ccc(Cl)c(C(F)(F)F)c1)S(=O)(=O)c1ccccc1)N[C@H]1C[C@H]2CC[C@H]1C2. The van der Waals surface area contributed by atoms with E-state index in [1.165, 1.54) is 30.3 Å². The summed E-state index contributed by atoms with van der Waals surface area (Å²) in [6, 6.07) is 10.1. The number of alkyl halides is 3. The number of nitrogens with zero attached hydrogens (tertiary/aromatic N) is 1. The van der Waals surface area contributed by atoms with Crippen LogP contribution in [0.15, 0.2) is 53.4 Å². The fraction of sp³-hybridized carbons (Fsp3) is 0.409. The smallest absolute Gasteiger partial charge is 0.352 e. The summed E-state index contributed by atoms with van der Waals surface area (Å²) < 4.78 is 67.5. The number of rotatable bonds is 6. The molecule has 2 aliphatic carbocycles. The first-order chi connectivity index (χ1) is 15.1. The highest BCUT2D eigenvalue weighted by Crippen LogP contribution is 2.44. The van der Waals surface area contributed by atoms with E-state index in [2.05, 4.69) is 5.32 Å². The van der Waals surface area contributed by atoms with Crippen molar-refractivity contribution in [2.75, 3.05) is 10.8 Å². The van der Waals surface area contributed by atoms with Gasteiger partial charge in [-0.3, -0.25) is 9.10 Å². The number of carbonyl (C=O) groups excluding carboxylic acids is 1. The molecule has 0 aliphatic heterocycles. The molecule has 2 aliphatic rings. The topological polar surface area (TPSA) is 66.5 Å². The number of anilines is 1. The van der Waals surface area contributed by atoms with Crippen LogP contribution >= 0.6 is 11.6 Å². The summed E-state index contributed by atoms with van der Waals surface area (Å²) in [5.74, 6) is 0.390. The molecule has 2 fully saturated rings. The number of benzene rings is 2. The monoisotopic (exact) mass is 486 g/mol. The summed E-state index contributed by atoms with van der Waals surface area (Å²) in [4.78, 5) is 12.7. The molecule has 4 rings (SSSR count). The molecule has 0 unspecified atom stereocenters. The Bertz CT molecular complexity index is 1110. The van der Waals surface area contributed by atoms with Gasteiger partial charge < -0.3 is 5.32 Å². The fourth-order valence-corrected chi connectivity index (χ4v) is 6.38. The Labute approximate surface area is 189 Å². The summed E-state index contributed by atoms with van der Waals surface area (Å²) >= 11 is 5.70. The van der Waals surface area contributed by atoms with Crippen molar-refractivity contribution in [1.29, 1.82) is 0 Å². The molecule has 2 bridgehead atoms. The molecule has 32 heavy (non-hydrogen) atoms. The minimum atomic E-state index is -4.78. The van der Waals surface area contributed by atoms with Gasteiger partial charge in [-0.2, -0.15) is 13.2 Å². The minimum Gasteiger partial charge on any atom is -0.352 e. The highest BCUT2D eigenvalue weighted by Gasteiger charge is 2.41. The van der Waals surface area contributed by atoms with Crippen molar-refractivity contribution in [3.05, 3.63) is 59.1 Å². The van der Waals surface area contributed by atoms with E-state index < -0.39 is 39.2 Å². The predicted octanol–water partition coefficient (Wildman–Crippen LogP) is 4.86. The average Bonchev–Trinajstić information content (AvgIpc) is 3.35. The van der Waals surface area contributed by atoms with Crippen molar-refractivity contribution in [3.63, 3.8) is 0 Å². The lowest BCUT2D eigenvalue weighted by Gasteiger charge is -2.27. The standard InChI is InChI=1S/C22H22ClF3N2O3S/c23-19-9-8-16(12-18(19)22(24,25)26)28(32(30,31)17-4-2-1-3-5-17)13-21(29)27-20-11-14-6-7-15(20)10-14/h1-5,8-9,12,14-15,20H,6-7,10-11,13H2,(H,27,29)/t14-,15-,20-/m0/s1. The zero-order valence-corrected chi connectivity index (χ0v) is 18.6. The summed E-state index contributed by atoms with van der Waals surface area (Å²) in [5, 5.41) is 2.35. The summed E-state index contributed by atoms with van der Waals surface area (Å²) in [6.07, 6.45) is -0.727. The second-order valence-electron chi connectivity index (χ2n) is 8.34. The van der Waals surface area contributed by atoms with Gasteiger partial charge >= 0.3 is 6.18 Å². The Morgan fingerprint density at radius 3 is 2.41 bits per heavy atom. The van der Waals surface area contributed by atoms with Gasteiger partial charge in [0, 0.05) is 6.04 Å². The van der Waals surface area contributed by atoms with E-state index in [4.69, 9.17) is 11.6 Å². The van der Waals surface area contributed by atoms with Crippen molar-refractivity contribution in [3.8, 4) is 0 Å².